The minimum Gasteiger partial charge on any atom is -0.507 e. The van der Waals surface area contributed by atoms with Crippen molar-refractivity contribution in [1.29, 1.82) is 0 Å². The number of rotatable bonds is 5. The highest BCUT2D eigenvalue weighted by molar-refractivity contribution is 6.58. The zero-order valence-corrected chi connectivity index (χ0v) is 30.1. The summed E-state index contributed by atoms with van der Waals surface area (Å²) in [5.74, 6) is -21.2. The van der Waals surface area contributed by atoms with E-state index in [1.807, 2.05) is 30.3 Å². The molecule has 15 heteroatoms. The molecule has 4 amide bonds. The summed E-state index contributed by atoms with van der Waals surface area (Å²) in [6, 6.07) is 13.9. The van der Waals surface area contributed by atoms with Crippen LogP contribution in [0.25, 0.3) is 0 Å². The number of imide groups is 2. The number of carbonyl (C=O) groups is 4. The Kier molecular flexibility index (Phi) is 8.74. The number of likely N-dealkylation sites (tertiary alicyclic amines) is 2. The number of aromatic hydroxyl groups is 1. The number of fused-ring (bicyclic) bond motifs is 4. The first-order chi connectivity index (χ1) is 25.6. The predicted octanol–water partition coefficient (Wildman–Crippen LogP) is 6.62. The highest BCUT2D eigenvalue weighted by atomic mass is 35.5. The Hall–Kier alpha value is -4.33. The molecule has 3 heterocycles. The molecule has 0 radical (unpaired) electrons. The van der Waals surface area contributed by atoms with Crippen molar-refractivity contribution in [3.63, 3.8) is 0 Å². The molecule has 6 unspecified atom stereocenters. The second-order valence-corrected chi connectivity index (χ2v) is 16.0. The molecule has 8 rings (SSSR count). The molecule has 282 valence electrons. The summed E-state index contributed by atoms with van der Waals surface area (Å²) in [6.07, 6.45) is 2.08. The molecule has 6 atom stereocenters. The number of allylic oxidation sites excluding steroid dienone is 2. The SMILES string of the molecule is Cc1cccc(C2C3=CCC4C(=O)N(C5CCN(Cc6ccccc6)CC5)C(=O)C4C3CC3(Cl)C(=O)N(c4c(F)c(F)c(F)c(F)c4F)C(=O)C23Cl)c1O. The van der Waals surface area contributed by atoms with Gasteiger partial charge in [0.25, 0.3) is 11.8 Å². The summed E-state index contributed by atoms with van der Waals surface area (Å²) in [6.45, 7) is 3.49. The van der Waals surface area contributed by atoms with Crippen LogP contribution >= 0.6 is 23.2 Å². The molecule has 2 aliphatic carbocycles. The van der Waals surface area contributed by atoms with Gasteiger partial charge in [-0.2, -0.15) is 0 Å². The molecule has 3 aromatic rings. The Morgan fingerprint density at radius 3 is 2.07 bits per heavy atom. The monoisotopic (exact) mass is 787 g/mol. The van der Waals surface area contributed by atoms with E-state index in [1.54, 1.807) is 19.1 Å². The number of benzene rings is 3. The van der Waals surface area contributed by atoms with Crippen LogP contribution in [0.3, 0.4) is 0 Å². The summed E-state index contributed by atoms with van der Waals surface area (Å²) in [7, 11) is 0. The van der Waals surface area contributed by atoms with Crippen molar-refractivity contribution in [2.24, 2.45) is 17.8 Å². The van der Waals surface area contributed by atoms with E-state index in [0.29, 0.717) is 38.0 Å². The van der Waals surface area contributed by atoms with Crippen LogP contribution in [0.4, 0.5) is 27.6 Å². The molecule has 0 bridgehead atoms. The number of hydrogen-bond donors (Lipinski definition) is 1. The van der Waals surface area contributed by atoms with Crippen LogP contribution in [0.5, 0.6) is 5.75 Å². The van der Waals surface area contributed by atoms with Gasteiger partial charge >= 0.3 is 0 Å². The van der Waals surface area contributed by atoms with Crippen molar-refractivity contribution in [3.05, 3.63) is 106 Å². The maximum absolute atomic E-state index is 15.3. The fourth-order valence-electron chi connectivity index (χ4n) is 9.39. The first kappa shape index (κ1) is 36.6. The largest absolute Gasteiger partial charge is 0.507 e. The van der Waals surface area contributed by atoms with Gasteiger partial charge in [-0.25, -0.2) is 26.9 Å². The van der Waals surface area contributed by atoms with Gasteiger partial charge in [-0.05, 0) is 49.7 Å². The van der Waals surface area contributed by atoms with Gasteiger partial charge in [-0.1, -0.05) is 60.2 Å². The number of anilines is 1. The highest BCUT2D eigenvalue weighted by Gasteiger charge is 2.77. The molecule has 0 aromatic heterocycles. The number of piperidine rings is 1. The van der Waals surface area contributed by atoms with E-state index in [-0.39, 0.29) is 28.2 Å². The van der Waals surface area contributed by atoms with Crippen LogP contribution in [-0.2, 0) is 25.7 Å². The predicted molar refractivity (Wildman–Crippen MR) is 186 cm³/mol. The van der Waals surface area contributed by atoms with Crippen molar-refractivity contribution >= 4 is 52.5 Å². The number of para-hydroxylation sites is 1. The van der Waals surface area contributed by atoms with E-state index in [1.165, 1.54) is 17.0 Å². The Bertz CT molecular complexity index is 2150. The van der Waals surface area contributed by atoms with E-state index < -0.39 is 104 Å². The molecule has 54 heavy (non-hydrogen) atoms. The standard InChI is InChI=1S/C39H32Cl2F5N3O5/c1-18-6-5-9-23(33(18)50)26-21-10-11-22-25(35(52)48(34(22)51)20-12-14-47(15-13-20)17-19-7-3-2-4-8-19)24(21)16-38(40)36(53)49(37(54)39(26,38)41)32-30(45)28(43)27(42)29(44)31(32)46/h2-10,20,22,24-26,50H,11-17H2,1H3. The fourth-order valence-corrected chi connectivity index (χ4v) is 10.3. The number of phenols is 1. The normalized spacial score (nSPS) is 30.1. The van der Waals surface area contributed by atoms with Gasteiger partial charge in [0.05, 0.1) is 11.8 Å². The van der Waals surface area contributed by atoms with Crippen LogP contribution in [-0.4, -0.2) is 67.4 Å². The molecule has 4 fully saturated rings. The summed E-state index contributed by atoms with van der Waals surface area (Å²) in [5.41, 5.74) is -0.150. The van der Waals surface area contributed by atoms with Crippen LogP contribution in [0.1, 0.15) is 48.3 Å². The molecule has 3 aliphatic heterocycles. The summed E-state index contributed by atoms with van der Waals surface area (Å²) in [4.78, 5) is 55.4. The Balaban J connectivity index is 1.19. The number of amides is 4. The third-order valence-corrected chi connectivity index (χ3v) is 13.4. The van der Waals surface area contributed by atoms with Gasteiger partial charge in [-0.3, -0.25) is 29.0 Å². The van der Waals surface area contributed by atoms with Gasteiger partial charge < -0.3 is 5.11 Å². The van der Waals surface area contributed by atoms with Gasteiger partial charge in [0.1, 0.15) is 11.4 Å². The van der Waals surface area contributed by atoms with Gasteiger partial charge in [-0.15, -0.1) is 23.2 Å². The van der Waals surface area contributed by atoms with Crippen molar-refractivity contribution in [1.82, 2.24) is 9.80 Å². The first-order valence-electron chi connectivity index (χ1n) is 17.5. The molecule has 1 N–H and O–H groups in total. The van der Waals surface area contributed by atoms with Crippen molar-refractivity contribution < 1.29 is 46.2 Å². The summed E-state index contributed by atoms with van der Waals surface area (Å²) >= 11 is 14.4. The van der Waals surface area contributed by atoms with Crippen molar-refractivity contribution in [3.8, 4) is 5.75 Å². The van der Waals surface area contributed by atoms with Crippen LogP contribution in [0.2, 0.25) is 0 Å². The van der Waals surface area contributed by atoms with Crippen molar-refractivity contribution in [2.75, 3.05) is 18.0 Å². The average Bonchev–Trinajstić information content (AvgIpc) is 3.50. The lowest BCUT2D eigenvalue weighted by Crippen LogP contribution is -2.60. The van der Waals surface area contributed by atoms with Gasteiger partial charge in [0.15, 0.2) is 33.0 Å². The Morgan fingerprint density at radius 2 is 1.43 bits per heavy atom. The third-order valence-electron chi connectivity index (χ3n) is 12.0. The smallest absolute Gasteiger partial charge is 0.258 e. The summed E-state index contributed by atoms with van der Waals surface area (Å²) < 4.78 is 73.7. The van der Waals surface area contributed by atoms with Gasteiger partial charge in [0, 0.05) is 37.2 Å². The number of carbonyl (C=O) groups excluding carboxylic acids is 4. The Morgan fingerprint density at radius 1 is 0.796 bits per heavy atom. The average molecular weight is 789 g/mol. The zero-order valence-electron chi connectivity index (χ0n) is 28.6. The third kappa shape index (κ3) is 4.96. The molecular formula is C39H32Cl2F5N3O5. The number of hydrogen-bond acceptors (Lipinski definition) is 6. The van der Waals surface area contributed by atoms with Gasteiger partial charge in [0.2, 0.25) is 17.6 Å². The van der Waals surface area contributed by atoms with Crippen molar-refractivity contribution in [2.45, 2.75) is 60.9 Å². The van der Waals surface area contributed by atoms with E-state index in [0.717, 1.165) is 5.56 Å². The quantitative estimate of drug-likeness (QED) is 0.0780. The number of aryl methyl sites for hydroxylation is 1. The number of halogens is 7. The molecule has 0 spiro atoms. The van der Waals surface area contributed by atoms with Crippen LogP contribution in [0.15, 0.2) is 60.2 Å². The lowest BCUT2D eigenvalue weighted by molar-refractivity contribution is -0.144. The highest BCUT2D eigenvalue weighted by Crippen LogP contribution is 2.67. The molecule has 3 aromatic carbocycles. The molecular weight excluding hydrogens is 756 g/mol. The minimum absolute atomic E-state index is 0.0238. The second-order valence-electron chi connectivity index (χ2n) is 14.7. The molecule has 3 saturated heterocycles. The van der Waals surface area contributed by atoms with Crippen LogP contribution in [0, 0.1) is 53.8 Å². The molecule has 1 saturated carbocycles. The first-order valence-corrected chi connectivity index (χ1v) is 18.3. The summed E-state index contributed by atoms with van der Waals surface area (Å²) in [5, 5.41) is 11.4. The Labute approximate surface area is 316 Å². The second kappa shape index (κ2) is 12.9. The maximum atomic E-state index is 15.3. The van der Waals surface area contributed by atoms with E-state index in [2.05, 4.69) is 4.90 Å². The lowest BCUT2D eigenvalue weighted by Gasteiger charge is -2.50. The van der Waals surface area contributed by atoms with E-state index in [4.69, 9.17) is 23.2 Å². The zero-order chi connectivity index (χ0) is 38.6. The number of phenolic OH excluding ortho intramolecular Hbond substituents is 1. The number of alkyl halides is 2. The number of nitrogens with zero attached hydrogens (tertiary/aromatic N) is 3. The topological polar surface area (TPSA) is 98.2 Å². The lowest BCUT2D eigenvalue weighted by atomic mass is 9.56. The van der Waals surface area contributed by atoms with E-state index >= 15 is 8.78 Å². The molecule has 5 aliphatic rings. The molecule has 8 nitrogen and oxygen atoms in total. The van der Waals surface area contributed by atoms with Crippen LogP contribution < -0.4 is 4.90 Å². The van der Waals surface area contributed by atoms with E-state index in [9.17, 15) is 37.5 Å². The fraction of sp³-hybridized carbons (Fsp3) is 0.385. The maximum Gasteiger partial charge on any atom is 0.258 e. The minimum atomic E-state index is -2.71.